The zero-order valence-electron chi connectivity index (χ0n) is 25.9. The number of rotatable bonds is 12. The highest BCUT2D eigenvalue weighted by atomic mass is 19.1. The lowest BCUT2D eigenvalue weighted by Gasteiger charge is -2.30. The van der Waals surface area contributed by atoms with Crippen LogP contribution in [0.5, 0.6) is 5.75 Å². The number of hydrogen-bond acceptors (Lipinski definition) is 1. The first-order valence-electron chi connectivity index (χ1n) is 16.1. The van der Waals surface area contributed by atoms with E-state index in [0.29, 0.717) is 16.9 Å². The summed E-state index contributed by atoms with van der Waals surface area (Å²) in [5, 5.41) is 0. The van der Waals surface area contributed by atoms with Crippen molar-refractivity contribution in [3.05, 3.63) is 77.1 Å². The Morgan fingerprint density at radius 3 is 1.82 bits per heavy atom. The average Bonchev–Trinajstić information content (AvgIpc) is 3.00. The summed E-state index contributed by atoms with van der Waals surface area (Å²) in [5.41, 5.74) is 7.74. The fraction of sp³-hybridized carbons (Fsp3) is 0.526. The zero-order valence-corrected chi connectivity index (χ0v) is 25.9. The summed E-state index contributed by atoms with van der Waals surface area (Å²) < 4.78 is 22.1. The van der Waals surface area contributed by atoms with Crippen LogP contribution in [0.1, 0.15) is 116 Å². The summed E-state index contributed by atoms with van der Waals surface area (Å²) in [5.74, 6) is 2.37. The molecule has 2 heteroatoms. The van der Waals surface area contributed by atoms with Gasteiger partial charge in [-0.3, -0.25) is 0 Å². The molecular weight excluding hydrogens is 491 g/mol. The van der Waals surface area contributed by atoms with E-state index in [4.69, 9.17) is 4.74 Å². The molecule has 0 spiro atoms. The molecule has 1 aliphatic rings. The smallest absolute Gasteiger partial charge is 0.131 e. The Morgan fingerprint density at radius 1 is 0.725 bits per heavy atom. The molecule has 0 aliphatic heterocycles. The SMILES string of the molecule is CCc1cc(-c2ccc(-c3ccc(C4CCC(C)CC4)cc3)cc2F)cc(CC)c1OCCC(CC)(CC)CC. The van der Waals surface area contributed by atoms with Crippen LogP contribution < -0.4 is 4.74 Å². The predicted octanol–water partition coefficient (Wildman–Crippen LogP) is 11.6. The van der Waals surface area contributed by atoms with Gasteiger partial charge < -0.3 is 4.74 Å². The van der Waals surface area contributed by atoms with Crippen molar-refractivity contribution in [3.63, 3.8) is 0 Å². The van der Waals surface area contributed by atoms with Crippen molar-refractivity contribution in [1.82, 2.24) is 0 Å². The van der Waals surface area contributed by atoms with Crippen LogP contribution >= 0.6 is 0 Å². The predicted molar refractivity (Wildman–Crippen MR) is 170 cm³/mol. The maximum absolute atomic E-state index is 15.6. The molecule has 0 atom stereocenters. The average molecular weight is 543 g/mol. The van der Waals surface area contributed by atoms with E-state index in [-0.39, 0.29) is 5.82 Å². The molecule has 0 amide bonds. The van der Waals surface area contributed by atoms with Gasteiger partial charge in [0.1, 0.15) is 11.6 Å². The summed E-state index contributed by atoms with van der Waals surface area (Å²) in [4.78, 5) is 0. The van der Waals surface area contributed by atoms with Crippen molar-refractivity contribution in [2.45, 2.75) is 112 Å². The van der Waals surface area contributed by atoms with E-state index in [2.05, 4.69) is 84.0 Å². The highest BCUT2D eigenvalue weighted by Crippen LogP contribution is 2.39. The fourth-order valence-electron chi connectivity index (χ4n) is 6.74. The van der Waals surface area contributed by atoms with Gasteiger partial charge in [-0.2, -0.15) is 0 Å². The van der Waals surface area contributed by atoms with E-state index in [0.717, 1.165) is 54.2 Å². The Morgan fingerprint density at radius 2 is 1.30 bits per heavy atom. The summed E-state index contributed by atoms with van der Waals surface area (Å²) in [6.07, 6.45) is 11.6. The number of ether oxygens (including phenoxy) is 1. The molecule has 0 unspecified atom stereocenters. The van der Waals surface area contributed by atoms with E-state index in [1.165, 1.54) is 61.6 Å². The summed E-state index contributed by atoms with van der Waals surface area (Å²) in [7, 11) is 0. The molecule has 0 aromatic heterocycles. The Kier molecular flexibility index (Phi) is 10.5. The van der Waals surface area contributed by atoms with Crippen molar-refractivity contribution >= 4 is 0 Å². The molecule has 0 saturated heterocycles. The van der Waals surface area contributed by atoms with Gasteiger partial charge in [0.2, 0.25) is 0 Å². The maximum atomic E-state index is 15.6. The molecule has 4 rings (SSSR count). The van der Waals surface area contributed by atoms with Gasteiger partial charge in [-0.15, -0.1) is 0 Å². The molecule has 1 saturated carbocycles. The van der Waals surface area contributed by atoms with Crippen LogP contribution in [-0.2, 0) is 12.8 Å². The first-order chi connectivity index (χ1) is 19.4. The topological polar surface area (TPSA) is 9.23 Å². The molecule has 1 aliphatic carbocycles. The third kappa shape index (κ3) is 6.81. The van der Waals surface area contributed by atoms with Gasteiger partial charge in [0.25, 0.3) is 0 Å². The van der Waals surface area contributed by atoms with Gasteiger partial charge in [0.15, 0.2) is 0 Å². The lowest BCUT2D eigenvalue weighted by molar-refractivity contribution is 0.172. The van der Waals surface area contributed by atoms with Gasteiger partial charge in [0, 0.05) is 5.56 Å². The summed E-state index contributed by atoms with van der Waals surface area (Å²) >= 11 is 0. The van der Waals surface area contributed by atoms with Gasteiger partial charge in [0.05, 0.1) is 6.61 Å². The van der Waals surface area contributed by atoms with Crippen LogP contribution in [0.4, 0.5) is 4.39 Å². The molecule has 1 nitrogen and oxygen atoms in total. The van der Waals surface area contributed by atoms with Crippen LogP contribution in [0.15, 0.2) is 54.6 Å². The van der Waals surface area contributed by atoms with Crippen LogP contribution in [0.2, 0.25) is 0 Å². The normalized spacial score (nSPS) is 17.7. The number of halogens is 1. The van der Waals surface area contributed by atoms with Crippen molar-refractivity contribution in [2.24, 2.45) is 11.3 Å². The Labute approximate surface area is 243 Å². The standard InChI is InChI=1S/C38H51FO/c1-7-28-24-34(25-29(8-2)37(28)40-23-22-38(9-3,10-4)11-5)35-21-20-33(26-36(35)39)32-18-16-31(17-19-32)30-14-12-27(6)13-15-30/h16-21,24-27,30H,7-15,22-23H2,1-6H3. The minimum atomic E-state index is -0.167. The quantitative estimate of drug-likeness (QED) is 0.221. The lowest BCUT2D eigenvalue weighted by atomic mass is 9.77. The van der Waals surface area contributed by atoms with Gasteiger partial charge in [-0.05, 0) is 101 Å². The second-order valence-electron chi connectivity index (χ2n) is 12.3. The van der Waals surface area contributed by atoms with Crippen molar-refractivity contribution in [1.29, 1.82) is 0 Å². The molecule has 216 valence electrons. The lowest BCUT2D eigenvalue weighted by Crippen LogP contribution is -2.21. The highest BCUT2D eigenvalue weighted by Gasteiger charge is 2.24. The number of hydrogen-bond donors (Lipinski definition) is 0. The highest BCUT2D eigenvalue weighted by molar-refractivity contribution is 5.73. The van der Waals surface area contributed by atoms with Crippen molar-refractivity contribution in [3.8, 4) is 28.0 Å². The van der Waals surface area contributed by atoms with E-state index >= 15 is 4.39 Å². The second-order valence-corrected chi connectivity index (χ2v) is 12.3. The third-order valence-corrected chi connectivity index (χ3v) is 10.1. The fourth-order valence-corrected chi connectivity index (χ4v) is 6.74. The molecule has 3 aromatic rings. The number of benzene rings is 3. The first-order valence-corrected chi connectivity index (χ1v) is 16.1. The van der Waals surface area contributed by atoms with Crippen LogP contribution in [0.3, 0.4) is 0 Å². The second kappa shape index (κ2) is 13.8. The Bertz CT molecular complexity index is 1200. The van der Waals surface area contributed by atoms with E-state index in [1.807, 2.05) is 6.07 Å². The summed E-state index contributed by atoms with van der Waals surface area (Å²) in [6.45, 7) is 14.3. The van der Waals surface area contributed by atoms with E-state index < -0.39 is 0 Å². The first kappa shape index (κ1) is 30.4. The van der Waals surface area contributed by atoms with Gasteiger partial charge in [-0.1, -0.05) is 110 Å². The van der Waals surface area contributed by atoms with E-state index in [1.54, 1.807) is 6.07 Å². The van der Waals surface area contributed by atoms with E-state index in [9.17, 15) is 0 Å². The number of aryl methyl sites for hydroxylation is 2. The molecule has 0 heterocycles. The molecule has 40 heavy (non-hydrogen) atoms. The van der Waals surface area contributed by atoms with Crippen molar-refractivity contribution < 1.29 is 9.13 Å². The largest absolute Gasteiger partial charge is 0.493 e. The molecule has 3 aromatic carbocycles. The van der Waals surface area contributed by atoms with Crippen LogP contribution in [0, 0.1) is 17.2 Å². The minimum Gasteiger partial charge on any atom is -0.493 e. The molecule has 0 radical (unpaired) electrons. The summed E-state index contributed by atoms with van der Waals surface area (Å²) in [6, 6.07) is 18.9. The third-order valence-electron chi connectivity index (χ3n) is 10.1. The van der Waals surface area contributed by atoms with Crippen LogP contribution in [0.25, 0.3) is 22.3 Å². The van der Waals surface area contributed by atoms with Gasteiger partial charge >= 0.3 is 0 Å². The zero-order chi connectivity index (χ0) is 28.7. The molecule has 1 fully saturated rings. The molecule has 0 bridgehead atoms. The molecule has 0 N–H and O–H groups in total. The minimum absolute atomic E-state index is 0.167. The maximum Gasteiger partial charge on any atom is 0.131 e. The monoisotopic (exact) mass is 542 g/mol. The Balaban J connectivity index is 1.53. The van der Waals surface area contributed by atoms with Crippen LogP contribution in [-0.4, -0.2) is 6.61 Å². The molecular formula is C38H51FO. The van der Waals surface area contributed by atoms with Crippen molar-refractivity contribution in [2.75, 3.05) is 6.61 Å². The van der Waals surface area contributed by atoms with Gasteiger partial charge in [-0.25, -0.2) is 4.39 Å². The Hall–Kier alpha value is -2.61.